The predicted octanol–water partition coefficient (Wildman–Crippen LogP) is 4.55. The third kappa shape index (κ3) is 3.13. The summed E-state index contributed by atoms with van der Waals surface area (Å²) in [5, 5.41) is 3.11. The van der Waals surface area contributed by atoms with E-state index in [1.807, 2.05) is 6.07 Å². The van der Waals surface area contributed by atoms with Crippen molar-refractivity contribution in [2.24, 2.45) is 0 Å². The zero-order chi connectivity index (χ0) is 17.2. The van der Waals surface area contributed by atoms with Gasteiger partial charge in [-0.1, -0.05) is 6.07 Å². The lowest BCUT2D eigenvalue weighted by Gasteiger charge is -2.15. The minimum Gasteiger partial charge on any atom is -0.340 e. The number of carbonyl (C=O) groups is 1. The van der Waals surface area contributed by atoms with Gasteiger partial charge in [0.05, 0.1) is 5.69 Å². The SMILES string of the molecule is O=C1CCCc2nc(Nc3ccc(-c4cccnc4)c(F)c3)ccc21. The number of halogens is 1. The molecule has 0 atom stereocenters. The van der Waals surface area contributed by atoms with Gasteiger partial charge in [-0.2, -0.15) is 0 Å². The highest BCUT2D eigenvalue weighted by Gasteiger charge is 2.18. The van der Waals surface area contributed by atoms with Gasteiger partial charge in [-0.25, -0.2) is 9.37 Å². The van der Waals surface area contributed by atoms with Gasteiger partial charge >= 0.3 is 0 Å². The van der Waals surface area contributed by atoms with Crippen molar-refractivity contribution in [3.63, 3.8) is 0 Å². The van der Waals surface area contributed by atoms with Crippen molar-refractivity contribution in [2.75, 3.05) is 5.32 Å². The summed E-state index contributed by atoms with van der Waals surface area (Å²) in [6.45, 7) is 0. The van der Waals surface area contributed by atoms with Crippen LogP contribution in [-0.4, -0.2) is 15.8 Å². The number of aromatic nitrogens is 2. The Labute approximate surface area is 144 Å². The lowest BCUT2D eigenvalue weighted by molar-refractivity contribution is 0.0971. The van der Waals surface area contributed by atoms with Crippen LogP contribution in [0.5, 0.6) is 0 Å². The molecule has 1 aliphatic carbocycles. The first kappa shape index (κ1) is 15.4. The molecule has 2 aromatic heterocycles. The molecule has 0 bridgehead atoms. The van der Waals surface area contributed by atoms with Crippen LogP contribution < -0.4 is 5.32 Å². The molecule has 4 rings (SSSR count). The lowest BCUT2D eigenvalue weighted by atomic mass is 9.95. The van der Waals surface area contributed by atoms with E-state index in [1.165, 1.54) is 6.07 Å². The van der Waals surface area contributed by atoms with Crippen molar-refractivity contribution < 1.29 is 9.18 Å². The number of hydrogen-bond donors (Lipinski definition) is 1. The predicted molar refractivity (Wildman–Crippen MR) is 94.4 cm³/mol. The number of anilines is 2. The molecule has 25 heavy (non-hydrogen) atoms. The third-order valence-electron chi connectivity index (χ3n) is 4.31. The fourth-order valence-corrected chi connectivity index (χ4v) is 3.06. The van der Waals surface area contributed by atoms with Crippen molar-refractivity contribution in [2.45, 2.75) is 19.3 Å². The smallest absolute Gasteiger partial charge is 0.164 e. The maximum atomic E-state index is 14.4. The summed E-state index contributed by atoms with van der Waals surface area (Å²) in [6, 6.07) is 12.1. The molecule has 1 aromatic carbocycles. The number of hydrogen-bond acceptors (Lipinski definition) is 4. The molecule has 0 radical (unpaired) electrons. The van der Waals surface area contributed by atoms with Gasteiger partial charge < -0.3 is 5.32 Å². The van der Waals surface area contributed by atoms with Gasteiger partial charge in [-0.3, -0.25) is 9.78 Å². The van der Waals surface area contributed by atoms with Crippen molar-refractivity contribution >= 4 is 17.3 Å². The van der Waals surface area contributed by atoms with Gasteiger partial charge in [0.15, 0.2) is 5.78 Å². The van der Waals surface area contributed by atoms with Crippen LogP contribution in [0.3, 0.4) is 0 Å². The van der Waals surface area contributed by atoms with E-state index in [0.717, 1.165) is 24.1 Å². The summed E-state index contributed by atoms with van der Waals surface area (Å²) in [5.41, 5.74) is 3.36. The van der Waals surface area contributed by atoms with Gasteiger partial charge in [0.1, 0.15) is 11.6 Å². The van der Waals surface area contributed by atoms with Gasteiger partial charge in [0.25, 0.3) is 0 Å². The summed E-state index contributed by atoms with van der Waals surface area (Å²) in [7, 11) is 0. The monoisotopic (exact) mass is 333 g/mol. The van der Waals surface area contributed by atoms with E-state index in [2.05, 4.69) is 15.3 Å². The summed E-state index contributed by atoms with van der Waals surface area (Å²) in [4.78, 5) is 20.4. The van der Waals surface area contributed by atoms with E-state index in [0.29, 0.717) is 29.1 Å². The van der Waals surface area contributed by atoms with Crippen LogP contribution in [0.2, 0.25) is 0 Å². The number of rotatable bonds is 3. The molecule has 0 aliphatic heterocycles. The number of fused-ring (bicyclic) bond motifs is 1. The first-order valence-electron chi connectivity index (χ1n) is 8.21. The maximum absolute atomic E-state index is 14.4. The minimum atomic E-state index is -0.328. The van der Waals surface area contributed by atoms with Crippen LogP contribution in [0.4, 0.5) is 15.9 Å². The second kappa shape index (κ2) is 6.43. The van der Waals surface area contributed by atoms with E-state index >= 15 is 0 Å². The van der Waals surface area contributed by atoms with E-state index in [-0.39, 0.29) is 11.6 Å². The van der Waals surface area contributed by atoms with E-state index < -0.39 is 0 Å². The molecule has 1 N–H and O–H groups in total. The number of carbonyl (C=O) groups excluding carboxylic acids is 1. The van der Waals surface area contributed by atoms with Crippen LogP contribution in [0, 0.1) is 5.82 Å². The summed E-state index contributed by atoms with van der Waals surface area (Å²) in [5.74, 6) is 0.431. The van der Waals surface area contributed by atoms with Crippen LogP contribution in [-0.2, 0) is 6.42 Å². The molecule has 0 fully saturated rings. The largest absolute Gasteiger partial charge is 0.340 e. The Bertz CT molecular complexity index is 941. The van der Waals surface area contributed by atoms with Crippen molar-refractivity contribution in [1.29, 1.82) is 0 Å². The molecule has 1 aliphatic rings. The molecular weight excluding hydrogens is 317 g/mol. The second-order valence-electron chi connectivity index (χ2n) is 6.03. The Morgan fingerprint density at radius 3 is 2.72 bits per heavy atom. The maximum Gasteiger partial charge on any atom is 0.164 e. The van der Waals surface area contributed by atoms with Crippen LogP contribution in [0.25, 0.3) is 11.1 Å². The Balaban J connectivity index is 1.59. The molecule has 0 saturated heterocycles. The van der Waals surface area contributed by atoms with E-state index in [4.69, 9.17) is 0 Å². The van der Waals surface area contributed by atoms with Crippen molar-refractivity contribution in [3.8, 4) is 11.1 Å². The van der Waals surface area contributed by atoms with Gasteiger partial charge in [0, 0.05) is 41.2 Å². The molecule has 0 amide bonds. The van der Waals surface area contributed by atoms with Crippen LogP contribution in [0.1, 0.15) is 28.9 Å². The molecule has 3 aromatic rings. The summed E-state index contributed by atoms with van der Waals surface area (Å²) < 4.78 is 14.4. The zero-order valence-electron chi connectivity index (χ0n) is 13.5. The number of Topliss-reactive ketones (excluding diaryl/α,β-unsaturated/α-hetero) is 1. The molecular formula is C20H16FN3O. The molecule has 0 saturated carbocycles. The zero-order valence-corrected chi connectivity index (χ0v) is 13.5. The number of ketones is 1. The molecule has 0 spiro atoms. The van der Waals surface area contributed by atoms with E-state index in [9.17, 15) is 9.18 Å². The number of benzene rings is 1. The topological polar surface area (TPSA) is 54.9 Å². The molecule has 124 valence electrons. The lowest BCUT2D eigenvalue weighted by Crippen LogP contribution is -2.13. The molecule has 5 heteroatoms. The Hall–Kier alpha value is -3.08. The number of nitrogens with zero attached hydrogens (tertiary/aromatic N) is 2. The average molecular weight is 333 g/mol. The fraction of sp³-hybridized carbons (Fsp3) is 0.150. The van der Waals surface area contributed by atoms with Gasteiger partial charge in [-0.05, 0) is 49.2 Å². The molecule has 2 heterocycles. The normalized spacial score (nSPS) is 13.4. The highest BCUT2D eigenvalue weighted by atomic mass is 19.1. The first-order chi connectivity index (χ1) is 12.2. The first-order valence-corrected chi connectivity index (χ1v) is 8.21. The van der Waals surface area contributed by atoms with Crippen LogP contribution in [0.15, 0.2) is 54.9 Å². The highest BCUT2D eigenvalue weighted by molar-refractivity contribution is 5.98. The summed E-state index contributed by atoms with van der Waals surface area (Å²) >= 11 is 0. The van der Waals surface area contributed by atoms with Crippen molar-refractivity contribution in [1.82, 2.24) is 9.97 Å². The van der Waals surface area contributed by atoms with Crippen LogP contribution >= 0.6 is 0 Å². The molecule has 4 nitrogen and oxygen atoms in total. The number of aryl methyl sites for hydroxylation is 1. The van der Waals surface area contributed by atoms with Crippen molar-refractivity contribution in [3.05, 3.63) is 71.9 Å². The highest BCUT2D eigenvalue weighted by Crippen LogP contribution is 2.27. The quantitative estimate of drug-likeness (QED) is 0.764. The second-order valence-corrected chi connectivity index (χ2v) is 6.03. The third-order valence-corrected chi connectivity index (χ3v) is 4.31. The fourth-order valence-electron chi connectivity index (χ4n) is 3.06. The number of nitrogens with one attached hydrogen (secondary N) is 1. The Morgan fingerprint density at radius 2 is 1.92 bits per heavy atom. The average Bonchev–Trinajstić information content (AvgIpc) is 2.63. The van der Waals surface area contributed by atoms with E-state index in [1.54, 1.807) is 42.7 Å². The van der Waals surface area contributed by atoms with Gasteiger partial charge in [0.2, 0.25) is 0 Å². The summed E-state index contributed by atoms with van der Waals surface area (Å²) in [6.07, 6.45) is 5.50. The minimum absolute atomic E-state index is 0.146. The number of pyridine rings is 2. The Kier molecular flexibility index (Phi) is 3.98. The standard InChI is InChI=1S/C20H16FN3O/c21-17-11-14(6-7-15(17)13-3-2-10-22-12-13)23-20-9-8-16-18(24-20)4-1-5-19(16)25/h2-3,6-12H,1,4-5H2,(H,23,24). The Morgan fingerprint density at radius 1 is 1.04 bits per heavy atom. The molecule has 0 unspecified atom stereocenters. The van der Waals surface area contributed by atoms with Gasteiger partial charge in [-0.15, -0.1) is 0 Å².